The van der Waals surface area contributed by atoms with Gasteiger partial charge in [0.15, 0.2) is 0 Å². The van der Waals surface area contributed by atoms with E-state index in [1.54, 1.807) is 7.11 Å². The van der Waals surface area contributed by atoms with Crippen molar-refractivity contribution < 1.29 is 9.53 Å². The molecule has 0 saturated carbocycles. The van der Waals surface area contributed by atoms with E-state index in [0.717, 1.165) is 32.5 Å². The van der Waals surface area contributed by atoms with Gasteiger partial charge in [-0.3, -0.25) is 4.79 Å². The number of nitrogens with zero attached hydrogens (tertiary/aromatic N) is 1. The molecule has 1 fully saturated rings. The van der Waals surface area contributed by atoms with Crippen LogP contribution in [0.15, 0.2) is 18.2 Å². The van der Waals surface area contributed by atoms with E-state index in [1.807, 2.05) is 4.90 Å². The number of amides is 1. The molecule has 0 atom stereocenters. The Morgan fingerprint density at radius 1 is 1.40 bits per heavy atom. The average molecular weight is 274 g/mol. The van der Waals surface area contributed by atoms with Gasteiger partial charge < -0.3 is 15.0 Å². The van der Waals surface area contributed by atoms with Crippen LogP contribution in [0.4, 0.5) is 5.69 Å². The van der Waals surface area contributed by atoms with Crippen molar-refractivity contribution in [2.24, 2.45) is 0 Å². The Hall–Kier alpha value is -1.55. The number of piperidine rings is 1. The van der Waals surface area contributed by atoms with Gasteiger partial charge in [0.1, 0.15) is 6.61 Å². The third kappa shape index (κ3) is 2.18. The van der Waals surface area contributed by atoms with Crippen LogP contribution >= 0.6 is 0 Å². The lowest BCUT2D eigenvalue weighted by molar-refractivity contribution is -0.136. The maximum absolute atomic E-state index is 11.9. The SMILES string of the molecule is COCC(=O)N1CCC2(CC1)CNc1ccc(C)cc12. The number of anilines is 1. The summed E-state index contributed by atoms with van der Waals surface area (Å²) >= 11 is 0. The summed E-state index contributed by atoms with van der Waals surface area (Å²) in [5.74, 6) is 0.109. The highest BCUT2D eigenvalue weighted by atomic mass is 16.5. The molecule has 1 N–H and O–H groups in total. The van der Waals surface area contributed by atoms with Gasteiger partial charge in [0.2, 0.25) is 5.91 Å². The number of aryl methyl sites for hydroxylation is 1. The molecule has 3 rings (SSSR count). The molecule has 2 aliphatic rings. The molecule has 1 spiro atoms. The highest BCUT2D eigenvalue weighted by Gasteiger charge is 2.42. The number of benzene rings is 1. The molecular weight excluding hydrogens is 252 g/mol. The first-order chi connectivity index (χ1) is 9.64. The number of likely N-dealkylation sites (tertiary alicyclic amines) is 1. The molecule has 1 amide bonds. The number of ether oxygens (including phenoxy) is 1. The second-order valence-electron chi connectivity index (χ2n) is 6.00. The molecule has 0 bridgehead atoms. The Labute approximate surface area is 120 Å². The number of hydrogen-bond donors (Lipinski definition) is 1. The van der Waals surface area contributed by atoms with Gasteiger partial charge in [-0.05, 0) is 31.4 Å². The molecule has 0 aliphatic carbocycles. The maximum Gasteiger partial charge on any atom is 0.248 e. The molecule has 1 aromatic rings. The summed E-state index contributed by atoms with van der Waals surface area (Å²) < 4.78 is 4.94. The van der Waals surface area contributed by atoms with Crippen molar-refractivity contribution in [1.82, 2.24) is 4.90 Å². The van der Waals surface area contributed by atoms with Gasteiger partial charge in [0, 0.05) is 37.8 Å². The van der Waals surface area contributed by atoms with Crippen molar-refractivity contribution in [2.75, 3.05) is 38.7 Å². The molecule has 4 heteroatoms. The van der Waals surface area contributed by atoms with Gasteiger partial charge in [-0.25, -0.2) is 0 Å². The number of carbonyl (C=O) groups is 1. The summed E-state index contributed by atoms with van der Waals surface area (Å²) in [6, 6.07) is 6.64. The molecule has 0 radical (unpaired) electrons. The number of fused-ring (bicyclic) bond motifs is 2. The van der Waals surface area contributed by atoms with E-state index in [1.165, 1.54) is 16.8 Å². The monoisotopic (exact) mass is 274 g/mol. The minimum atomic E-state index is 0.109. The van der Waals surface area contributed by atoms with Gasteiger partial charge in [0.25, 0.3) is 0 Å². The van der Waals surface area contributed by atoms with Gasteiger partial charge in [-0.1, -0.05) is 17.7 Å². The van der Waals surface area contributed by atoms with Crippen LogP contribution in [0.5, 0.6) is 0 Å². The first kappa shape index (κ1) is 13.4. The molecule has 0 aromatic heterocycles. The molecule has 0 unspecified atom stereocenters. The van der Waals surface area contributed by atoms with Gasteiger partial charge >= 0.3 is 0 Å². The lowest BCUT2D eigenvalue weighted by Crippen LogP contribution is -2.47. The van der Waals surface area contributed by atoms with Crippen molar-refractivity contribution in [2.45, 2.75) is 25.2 Å². The smallest absolute Gasteiger partial charge is 0.248 e. The lowest BCUT2D eigenvalue weighted by atomic mass is 9.74. The Morgan fingerprint density at radius 3 is 2.85 bits per heavy atom. The lowest BCUT2D eigenvalue weighted by Gasteiger charge is -2.39. The minimum Gasteiger partial charge on any atom is -0.384 e. The summed E-state index contributed by atoms with van der Waals surface area (Å²) in [5, 5.41) is 3.53. The molecule has 108 valence electrons. The first-order valence-electron chi connectivity index (χ1n) is 7.26. The highest BCUT2D eigenvalue weighted by Crippen LogP contribution is 2.44. The summed E-state index contributed by atoms with van der Waals surface area (Å²) in [7, 11) is 1.57. The number of hydrogen-bond acceptors (Lipinski definition) is 3. The maximum atomic E-state index is 11.9. The first-order valence-corrected chi connectivity index (χ1v) is 7.26. The third-order valence-electron chi connectivity index (χ3n) is 4.70. The van der Waals surface area contributed by atoms with E-state index in [2.05, 4.69) is 30.4 Å². The normalized spacial score (nSPS) is 19.8. The van der Waals surface area contributed by atoms with Crippen molar-refractivity contribution in [1.29, 1.82) is 0 Å². The zero-order valence-electron chi connectivity index (χ0n) is 12.2. The quantitative estimate of drug-likeness (QED) is 0.896. The van der Waals surface area contributed by atoms with Crippen LogP contribution in [0.3, 0.4) is 0 Å². The van der Waals surface area contributed by atoms with Crippen LogP contribution < -0.4 is 5.32 Å². The minimum absolute atomic E-state index is 0.109. The van der Waals surface area contributed by atoms with E-state index in [4.69, 9.17) is 4.74 Å². The fourth-order valence-electron chi connectivity index (χ4n) is 3.46. The number of methoxy groups -OCH3 is 1. The standard InChI is InChI=1S/C16H22N2O2/c1-12-3-4-14-13(9-12)16(11-17-14)5-7-18(8-6-16)15(19)10-20-2/h3-4,9,17H,5-8,10-11H2,1-2H3. The number of carbonyl (C=O) groups excluding carboxylic acids is 1. The van der Waals surface area contributed by atoms with E-state index < -0.39 is 0 Å². The second-order valence-corrected chi connectivity index (χ2v) is 6.00. The Kier molecular flexibility index (Phi) is 3.42. The van der Waals surface area contributed by atoms with E-state index in [0.29, 0.717) is 0 Å². The van der Waals surface area contributed by atoms with Crippen LogP contribution in [0, 0.1) is 6.92 Å². The predicted molar refractivity (Wildman–Crippen MR) is 79.0 cm³/mol. The van der Waals surface area contributed by atoms with Crippen LogP contribution in [0.2, 0.25) is 0 Å². The predicted octanol–water partition coefficient (Wildman–Crippen LogP) is 1.93. The van der Waals surface area contributed by atoms with E-state index >= 15 is 0 Å². The summed E-state index contributed by atoms with van der Waals surface area (Å²) in [5.41, 5.74) is 4.24. The average Bonchev–Trinajstić information content (AvgIpc) is 2.78. The van der Waals surface area contributed by atoms with Crippen LogP contribution in [-0.2, 0) is 14.9 Å². The molecule has 4 nitrogen and oxygen atoms in total. The Balaban J connectivity index is 1.76. The topological polar surface area (TPSA) is 41.6 Å². The van der Waals surface area contributed by atoms with Crippen LogP contribution in [0.1, 0.15) is 24.0 Å². The van der Waals surface area contributed by atoms with Gasteiger partial charge in [0.05, 0.1) is 0 Å². The number of nitrogens with one attached hydrogen (secondary N) is 1. The molecule has 1 aromatic carbocycles. The fraction of sp³-hybridized carbons (Fsp3) is 0.562. The highest BCUT2D eigenvalue weighted by molar-refractivity contribution is 5.77. The molecular formula is C16H22N2O2. The van der Waals surface area contributed by atoms with E-state index in [9.17, 15) is 4.79 Å². The fourth-order valence-corrected chi connectivity index (χ4v) is 3.46. The zero-order chi connectivity index (χ0) is 14.2. The van der Waals surface area contributed by atoms with Crippen molar-refractivity contribution in [3.8, 4) is 0 Å². The van der Waals surface area contributed by atoms with Crippen molar-refractivity contribution >= 4 is 11.6 Å². The zero-order valence-corrected chi connectivity index (χ0v) is 12.2. The molecule has 20 heavy (non-hydrogen) atoms. The van der Waals surface area contributed by atoms with Gasteiger partial charge in [-0.2, -0.15) is 0 Å². The third-order valence-corrected chi connectivity index (χ3v) is 4.70. The summed E-state index contributed by atoms with van der Waals surface area (Å²) in [4.78, 5) is 13.8. The number of rotatable bonds is 2. The molecule has 1 saturated heterocycles. The summed E-state index contributed by atoms with van der Waals surface area (Å²) in [6.45, 7) is 5.00. The van der Waals surface area contributed by atoms with Crippen LogP contribution in [-0.4, -0.2) is 44.2 Å². The van der Waals surface area contributed by atoms with Crippen molar-refractivity contribution in [3.05, 3.63) is 29.3 Å². The molecule has 2 aliphatic heterocycles. The second kappa shape index (κ2) is 5.09. The van der Waals surface area contributed by atoms with Crippen LogP contribution in [0.25, 0.3) is 0 Å². The Bertz CT molecular complexity index is 519. The van der Waals surface area contributed by atoms with E-state index in [-0.39, 0.29) is 17.9 Å². The van der Waals surface area contributed by atoms with Gasteiger partial charge in [-0.15, -0.1) is 0 Å². The van der Waals surface area contributed by atoms with Crippen molar-refractivity contribution in [3.63, 3.8) is 0 Å². The molecule has 2 heterocycles. The summed E-state index contributed by atoms with van der Waals surface area (Å²) in [6.07, 6.45) is 2.07. The Morgan fingerprint density at radius 2 is 2.15 bits per heavy atom. The largest absolute Gasteiger partial charge is 0.384 e.